The van der Waals surface area contributed by atoms with Crippen LogP contribution in [0, 0.1) is 13.8 Å². The van der Waals surface area contributed by atoms with Crippen LogP contribution in [0.2, 0.25) is 0 Å². The van der Waals surface area contributed by atoms with E-state index in [9.17, 15) is 18.0 Å². The summed E-state index contributed by atoms with van der Waals surface area (Å²) in [6.07, 6.45) is 0.936. The molecule has 9 nitrogen and oxygen atoms in total. The van der Waals surface area contributed by atoms with Crippen molar-refractivity contribution < 1.29 is 27.5 Å². The fraction of sp³-hybridized carbons (Fsp3) is 0.316. The van der Waals surface area contributed by atoms with E-state index in [-0.39, 0.29) is 35.6 Å². The molecule has 0 aliphatic heterocycles. The summed E-state index contributed by atoms with van der Waals surface area (Å²) in [6.45, 7) is 7.15. The second kappa shape index (κ2) is 16.8. The number of nitrogens with zero attached hydrogens (tertiary/aromatic N) is 2. The SMILES string of the molecule is CC[C@@H](C)NC(=O)[C@@H](Cc1ccccc1)N(Cc1ccc(Br)cc1)C(=O)CN(c1cc(C)cc(C)c1)S(=O)(=O)c1ccc(OC)c(OC)c1. The number of ether oxygens (including phenoxy) is 2. The normalized spacial score (nSPS) is 12.5. The third-order valence-corrected chi connectivity index (χ3v) is 10.6. The molecule has 2 atom stereocenters. The Morgan fingerprint density at radius 3 is 2.06 bits per heavy atom. The van der Waals surface area contributed by atoms with Crippen molar-refractivity contribution >= 4 is 43.5 Å². The molecule has 0 unspecified atom stereocenters. The number of anilines is 1. The second-order valence-electron chi connectivity index (χ2n) is 12.0. The zero-order chi connectivity index (χ0) is 35.7. The molecule has 0 saturated heterocycles. The molecule has 2 amide bonds. The van der Waals surface area contributed by atoms with Crippen LogP contribution < -0.4 is 19.1 Å². The smallest absolute Gasteiger partial charge is 0.264 e. The predicted molar refractivity (Wildman–Crippen MR) is 197 cm³/mol. The van der Waals surface area contributed by atoms with Crippen molar-refractivity contribution in [1.82, 2.24) is 10.2 Å². The van der Waals surface area contributed by atoms with Gasteiger partial charge in [-0.15, -0.1) is 0 Å². The first kappa shape index (κ1) is 37.5. The van der Waals surface area contributed by atoms with E-state index in [1.165, 1.54) is 37.3 Å². The van der Waals surface area contributed by atoms with E-state index in [1.807, 2.05) is 88.4 Å². The number of carbonyl (C=O) groups is 2. The van der Waals surface area contributed by atoms with Crippen LogP contribution in [0.1, 0.15) is 42.5 Å². The first-order valence-electron chi connectivity index (χ1n) is 16.1. The number of carbonyl (C=O) groups excluding carboxylic acids is 2. The Morgan fingerprint density at radius 1 is 0.837 bits per heavy atom. The molecule has 1 N–H and O–H groups in total. The van der Waals surface area contributed by atoms with Crippen LogP contribution in [0.15, 0.2) is 100 Å². The van der Waals surface area contributed by atoms with Gasteiger partial charge in [0.05, 0.1) is 24.8 Å². The number of sulfonamides is 1. The number of halogens is 1. The Kier molecular flexibility index (Phi) is 12.9. The first-order chi connectivity index (χ1) is 23.4. The third kappa shape index (κ3) is 9.64. The van der Waals surface area contributed by atoms with Crippen LogP contribution >= 0.6 is 15.9 Å². The summed E-state index contributed by atoms with van der Waals surface area (Å²) in [7, 11) is -1.44. The maximum absolute atomic E-state index is 14.7. The standard InChI is InChI=1S/C38H44BrN3O6S/c1-7-28(4)40-38(44)34(22-29-11-9-8-10-12-29)41(24-30-13-15-31(39)16-14-30)37(43)25-42(32-20-26(2)19-27(3)21-32)49(45,46)33-17-18-35(47-5)36(23-33)48-6/h8-21,23,28,34H,7,22,24-25H2,1-6H3,(H,40,44)/t28-,34-/m1/s1. The van der Waals surface area contributed by atoms with Gasteiger partial charge in [-0.25, -0.2) is 8.42 Å². The number of hydrogen-bond acceptors (Lipinski definition) is 6. The van der Waals surface area contributed by atoms with E-state index in [4.69, 9.17) is 9.47 Å². The van der Waals surface area contributed by atoms with Gasteiger partial charge in [0.25, 0.3) is 10.0 Å². The minimum Gasteiger partial charge on any atom is -0.493 e. The Balaban J connectivity index is 1.85. The van der Waals surface area contributed by atoms with E-state index >= 15 is 0 Å². The van der Waals surface area contributed by atoms with E-state index in [0.29, 0.717) is 17.9 Å². The fourth-order valence-corrected chi connectivity index (χ4v) is 7.19. The number of nitrogens with one attached hydrogen (secondary N) is 1. The van der Waals surface area contributed by atoms with Crippen molar-refractivity contribution in [2.24, 2.45) is 0 Å². The average molecular weight is 751 g/mol. The summed E-state index contributed by atoms with van der Waals surface area (Å²) in [5.74, 6) is -0.250. The van der Waals surface area contributed by atoms with Gasteiger partial charge in [0, 0.05) is 29.5 Å². The maximum Gasteiger partial charge on any atom is 0.264 e. The molecule has 0 radical (unpaired) electrons. The van der Waals surface area contributed by atoms with Gasteiger partial charge in [0.15, 0.2) is 11.5 Å². The molecule has 0 heterocycles. The molecule has 0 saturated carbocycles. The van der Waals surface area contributed by atoms with Gasteiger partial charge in [-0.05, 0) is 85.8 Å². The second-order valence-corrected chi connectivity index (χ2v) is 14.8. The van der Waals surface area contributed by atoms with E-state index in [1.54, 1.807) is 12.1 Å². The molecule has 49 heavy (non-hydrogen) atoms. The van der Waals surface area contributed by atoms with Crippen LogP contribution in [-0.4, -0.2) is 58.0 Å². The van der Waals surface area contributed by atoms with Gasteiger partial charge >= 0.3 is 0 Å². The minimum absolute atomic E-state index is 0.0769. The monoisotopic (exact) mass is 749 g/mol. The molecule has 0 spiro atoms. The van der Waals surface area contributed by atoms with Crippen molar-refractivity contribution in [3.8, 4) is 11.5 Å². The van der Waals surface area contributed by atoms with E-state index in [2.05, 4.69) is 21.2 Å². The average Bonchev–Trinajstić information content (AvgIpc) is 3.08. The lowest BCUT2D eigenvalue weighted by Crippen LogP contribution is -2.54. The molecule has 0 fully saturated rings. The molecule has 0 bridgehead atoms. The largest absolute Gasteiger partial charge is 0.493 e. The number of aryl methyl sites for hydroxylation is 2. The highest BCUT2D eigenvalue weighted by Gasteiger charge is 2.35. The van der Waals surface area contributed by atoms with Crippen molar-refractivity contribution in [3.63, 3.8) is 0 Å². The van der Waals surface area contributed by atoms with E-state index < -0.39 is 28.5 Å². The topological polar surface area (TPSA) is 105 Å². The quantitative estimate of drug-likeness (QED) is 0.143. The highest BCUT2D eigenvalue weighted by Crippen LogP contribution is 2.33. The van der Waals surface area contributed by atoms with Gasteiger partial charge < -0.3 is 19.7 Å². The Morgan fingerprint density at radius 2 is 1.47 bits per heavy atom. The van der Waals surface area contributed by atoms with Gasteiger partial charge in [-0.2, -0.15) is 0 Å². The van der Waals surface area contributed by atoms with Crippen molar-refractivity contribution in [3.05, 3.63) is 118 Å². The van der Waals surface area contributed by atoms with Crippen LogP contribution in [0.5, 0.6) is 11.5 Å². The zero-order valence-corrected chi connectivity index (χ0v) is 31.2. The van der Waals surface area contributed by atoms with Gasteiger partial charge in [0.1, 0.15) is 12.6 Å². The number of methoxy groups -OCH3 is 2. The summed E-state index contributed by atoms with van der Waals surface area (Å²) in [5.41, 5.74) is 3.64. The fourth-order valence-electron chi connectivity index (χ4n) is 5.51. The summed E-state index contributed by atoms with van der Waals surface area (Å²) in [6, 6.07) is 25.6. The van der Waals surface area contributed by atoms with Crippen molar-refractivity contribution in [2.75, 3.05) is 25.1 Å². The highest BCUT2D eigenvalue weighted by molar-refractivity contribution is 9.10. The predicted octanol–water partition coefficient (Wildman–Crippen LogP) is 6.83. The first-order valence-corrected chi connectivity index (χ1v) is 18.3. The lowest BCUT2D eigenvalue weighted by Gasteiger charge is -2.34. The zero-order valence-electron chi connectivity index (χ0n) is 28.8. The lowest BCUT2D eigenvalue weighted by molar-refractivity contribution is -0.140. The number of hydrogen-bond donors (Lipinski definition) is 1. The lowest BCUT2D eigenvalue weighted by atomic mass is 10.0. The van der Waals surface area contributed by atoms with Crippen LogP contribution in [-0.2, 0) is 32.6 Å². The number of rotatable bonds is 15. The molecule has 4 aromatic rings. The molecule has 4 aromatic carbocycles. The molecule has 0 aromatic heterocycles. The molecule has 260 valence electrons. The molecule has 11 heteroatoms. The summed E-state index contributed by atoms with van der Waals surface area (Å²) in [5, 5.41) is 3.06. The molecule has 4 rings (SSSR count). The van der Waals surface area contributed by atoms with Gasteiger partial charge in [0.2, 0.25) is 11.8 Å². The van der Waals surface area contributed by atoms with Crippen molar-refractivity contribution in [1.29, 1.82) is 0 Å². The Labute approximate surface area is 298 Å². The molecule has 0 aliphatic carbocycles. The number of amides is 2. The Hall–Kier alpha value is -4.35. The summed E-state index contributed by atoms with van der Waals surface area (Å²) in [4.78, 5) is 30.2. The highest BCUT2D eigenvalue weighted by atomic mass is 79.9. The summed E-state index contributed by atoms with van der Waals surface area (Å²) >= 11 is 3.47. The minimum atomic E-state index is -4.34. The van der Waals surface area contributed by atoms with Crippen LogP contribution in [0.4, 0.5) is 5.69 Å². The van der Waals surface area contributed by atoms with Crippen LogP contribution in [0.3, 0.4) is 0 Å². The third-order valence-electron chi connectivity index (χ3n) is 8.25. The number of benzene rings is 4. The maximum atomic E-state index is 14.7. The molecular weight excluding hydrogens is 706 g/mol. The van der Waals surface area contributed by atoms with Crippen molar-refractivity contribution in [2.45, 2.75) is 64.1 Å². The Bertz CT molecular complexity index is 1830. The summed E-state index contributed by atoms with van der Waals surface area (Å²) < 4.78 is 41.8. The van der Waals surface area contributed by atoms with E-state index in [0.717, 1.165) is 31.0 Å². The van der Waals surface area contributed by atoms with Crippen LogP contribution in [0.25, 0.3) is 0 Å². The van der Waals surface area contributed by atoms with Gasteiger partial charge in [-0.3, -0.25) is 13.9 Å². The van der Waals surface area contributed by atoms with Gasteiger partial charge in [-0.1, -0.05) is 71.4 Å². The molecular formula is C38H44BrN3O6S. The molecule has 0 aliphatic rings.